The summed E-state index contributed by atoms with van der Waals surface area (Å²) in [5.41, 5.74) is 2.36. The normalized spacial score (nSPS) is 21.4. The van der Waals surface area contributed by atoms with Crippen LogP contribution in [0.4, 0.5) is 0 Å². The molecule has 0 unspecified atom stereocenters. The van der Waals surface area contributed by atoms with Gasteiger partial charge in [-0.1, -0.05) is 0 Å². The molecule has 4 rings (SSSR count). The molecule has 3 heterocycles. The molecule has 1 aliphatic heterocycles. The number of nitrogens with one attached hydrogen (secondary N) is 1. The Balaban J connectivity index is 1.40. The molecule has 0 amide bonds. The lowest BCUT2D eigenvalue weighted by Gasteiger charge is -2.33. The quantitative estimate of drug-likeness (QED) is 0.780. The van der Waals surface area contributed by atoms with Crippen LogP contribution in [0.3, 0.4) is 0 Å². The molecule has 1 fully saturated rings. The van der Waals surface area contributed by atoms with Crippen molar-refractivity contribution in [3.05, 3.63) is 35.9 Å². The molecule has 9 heteroatoms. The number of hydrogen-bond acceptors (Lipinski definition) is 5. The van der Waals surface area contributed by atoms with E-state index in [0.717, 1.165) is 38.9 Å². The molecule has 1 saturated carbocycles. The van der Waals surface area contributed by atoms with E-state index < -0.39 is 10.0 Å². The van der Waals surface area contributed by atoms with Gasteiger partial charge in [-0.05, 0) is 25.3 Å². The zero-order valence-corrected chi connectivity index (χ0v) is 15.2. The zero-order valence-electron chi connectivity index (χ0n) is 14.4. The first-order valence-corrected chi connectivity index (χ1v) is 10.3. The van der Waals surface area contributed by atoms with Crippen LogP contribution in [0.5, 0.6) is 0 Å². The first-order chi connectivity index (χ1) is 12.0. The molecule has 0 radical (unpaired) electrons. The summed E-state index contributed by atoms with van der Waals surface area (Å²) in [6.07, 6.45) is 8.08. The second-order valence-electron chi connectivity index (χ2n) is 7.04. The number of nitrogens with zero attached hydrogens (tertiary/aromatic N) is 5. The molecular formula is C16H24N6O2S. The fourth-order valence-corrected chi connectivity index (χ4v) is 4.87. The van der Waals surface area contributed by atoms with E-state index in [1.54, 1.807) is 0 Å². The highest BCUT2D eigenvalue weighted by atomic mass is 32.2. The Morgan fingerprint density at radius 2 is 2.16 bits per heavy atom. The summed E-state index contributed by atoms with van der Waals surface area (Å²) >= 11 is 0. The first-order valence-electron chi connectivity index (χ1n) is 8.72. The van der Waals surface area contributed by atoms with Gasteiger partial charge in [0.1, 0.15) is 0 Å². The van der Waals surface area contributed by atoms with Gasteiger partial charge in [0.2, 0.25) is 10.0 Å². The third-order valence-electron chi connectivity index (χ3n) is 4.86. The van der Waals surface area contributed by atoms with Crippen LogP contribution in [0.15, 0.2) is 24.7 Å². The van der Waals surface area contributed by atoms with Crippen molar-refractivity contribution >= 4 is 10.0 Å². The summed E-state index contributed by atoms with van der Waals surface area (Å²) in [5.74, 6) is 0. The molecule has 2 aromatic rings. The lowest BCUT2D eigenvalue weighted by atomic mass is 10.1. The average molecular weight is 364 g/mol. The van der Waals surface area contributed by atoms with Crippen molar-refractivity contribution in [3.8, 4) is 0 Å². The molecule has 0 saturated heterocycles. The van der Waals surface area contributed by atoms with Crippen LogP contribution in [0.1, 0.15) is 36.6 Å². The Labute approximate surface area is 147 Å². The van der Waals surface area contributed by atoms with Gasteiger partial charge in [0, 0.05) is 51.2 Å². The van der Waals surface area contributed by atoms with Gasteiger partial charge in [-0.2, -0.15) is 10.2 Å². The Bertz CT molecular complexity index is 838. The van der Waals surface area contributed by atoms with Gasteiger partial charge in [0.05, 0.1) is 23.2 Å². The van der Waals surface area contributed by atoms with Crippen molar-refractivity contribution in [2.24, 2.45) is 7.05 Å². The van der Waals surface area contributed by atoms with Crippen LogP contribution in [-0.4, -0.2) is 51.2 Å². The molecule has 0 bridgehead atoms. The van der Waals surface area contributed by atoms with E-state index in [1.807, 2.05) is 41.1 Å². The smallest absolute Gasteiger partial charge is 0.214 e. The van der Waals surface area contributed by atoms with Crippen molar-refractivity contribution < 1.29 is 8.42 Å². The van der Waals surface area contributed by atoms with Crippen LogP contribution in [0.2, 0.25) is 0 Å². The maximum Gasteiger partial charge on any atom is 0.214 e. The largest absolute Gasteiger partial charge is 0.291 e. The molecule has 136 valence electrons. The highest BCUT2D eigenvalue weighted by Crippen LogP contribution is 2.28. The SMILES string of the molecule is Cn1cc(CN2Cc3ccnn3[C@H](CCNS(=O)(=O)C3CC3)C2)cn1. The summed E-state index contributed by atoms with van der Waals surface area (Å²) < 4.78 is 30.6. The highest BCUT2D eigenvalue weighted by molar-refractivity contribution is 7.90. The van der Waals surface area contributed by atoms with E-state index in [2.05, 4.69) is 19.8 Å². The number of aromatic nitrogens is 4. The number of rotatable bonds is 7. The maximum absolute atomic E-state index is 12.0. The van der Waals surface area contributed by atoms with Crippen LogP contribution in [0, 0.1) is 0 Å². The Morgan fingerprint density at radius 3 is 2.88 bits per heavy atom. The maximum atomic E-state index is 12.0. The topological polar surface area (TPSA) is 85.0 Å². The third-order valence-corrected chi connectivity index (χ3v) is 6.82. The van der Waals surface area contributed by atoms with Gasteiger partial charge in [-0.25, -0.2) is 13.1 Å². The molecule has 1 atom stereocenters. The van der Waals surface area contributed by atoms with Gasteiger partial charge >= 0.3 is 0 Å². The Morgan fingerprint density at radius 1 is 1.32 bits per heavy atom. The molecule has 8 nitrogen and oxygen atoms in total. The average Bonchev–Trinajstić information content (AvgIpc) is 3.20. The summed E-state index contributed by atoms with van der Waals surface area (Å²) in [6.45, 7) is 3.00. The van der Waals surface area contributed by atoms with Crippen LogP contribution < -0.4 is 4.72 Å². The number of fused-ring (bicyclic) bond motifs is 1. The fraction of sp³-hybridized carbons (Fsp3) is 0.625. The van der Waals surface area contributed by atoms with Crippen LogP contribution in [0.25, 0.3) is 0 Å². The molecule has 1 aliphatic carbocycles. The number of hydrogen-bond donors (Lipinski definition) is 1. The Hall–Kier alpha value is -1.71. The number of aryl methyl sites for hydroxylation is 1. The van der Waals surface area contributed by atoms with E-state index in [-0.39, 0.29) is 11.3 Å². The van der Waals surface area contributed by atoms with E-state index in [9.17, 15) is 8.42 Å². The predicted octanol–water partition coefficient (Wildman–Crippen LogP) is 0.645. The lowest BCUT2D eigenvalue weighted by molar-refractivity contribution is 0.162. The van der Waals surface area contributed by atoms with Crippen molar-refractivity contribution in [2.45, 2.75) is 43.6 Å². The summed E-state index contributed by atoms with van der Waals surface area (Å²) in [6, 6.07) is 2.22. The predicted molar refractivity (Wildman–Crippen MR) is 93.1 cm³/mol. The fourth-order valence-electron chi connectivity index (χ4n) is 3.47. The van der Waals surface area contributed by atoms with E-state index in [0.29, 0.717) is 6.54 Å². The standard InChI is InChI=1S/C16H24N6O2S/c1-20-9-13(8-18-20)10-21-11-14-4-6-17-22(14)15(12-21)5-7-19-25(23,24)16-2-3-16/h4,6,8-9,15-16,19H,2-3,5,7,10-12H2,1H3/t15-/m1/s1. The minimum atomic E-state index is -3.12. The summed E-state index contributed by atoms with van der Waals surface area (Å²) in [5, 5.41) is 8.51. The molecule has 0 aromatic carbocycles. The van der Waals surface area contributed by atoms with Gasteiger partial charge in [-0.3, -0.25) is 14.3 Å². The molecular weight excluding hydrogens is 340 g/mol. The molecule has 2 aliphatic rings. The zero-order chi connectivity index (χ0) is 17.4. The lowest BCUT2D eigenvalue weighted by Crippen LogP contribution is -2.39. The van der Waals surface area contributed by atoms with Gasteiger partial charge < -0.3 is 0 Å². The number of sulfonamides is 1. The van der Waals surface area contributed by atoms with Crippen molar-refractivity contribution in [2.75, 3.05) is 13.1 Å². The highest BCUT2D eigenvalue weighted by Gasteiger charge is 2.35. The summed E-state index contributed by atoms with van der Waals surface area (Å²) in [4.78, 5) is 2.37. The molecule has 0 spiro atoms. The van der Waals surface area contributed by atoms with Crippen LogP contribution >= 0.6 is 0 Å². The van der Waals surface area contributed by atoms with Gasteiger partial charge in [-0.15, -0.1) is 0 Å². The van der Waals surface area contributed by atoms with E-state index in [4.69, 9.17) is 0 Å². The van der Waals surface area contributed by atoms with Crippen molar-refractivity contribution in [1.82, 2.24) is 29.2 Å². The van der Waals surface area contributed by atoms with Crippen LogP contribution in [-0.2, 0) is 30.2 Å². The molecule has 2 aromatic heterocycles. The third kappa shape index (κ3) is 3.78. The Kier molecular flexibility index (Phi) is 4.38. The van der Waals surface area contributed by atoms with Crippen molar-refractivity contribution in [3.63, 3.8) is 0 Å². The van der Waals surface area contributed by atoms with Crippen molar-refractivity contribution in [1.29, 1.82) is 0 Å². The first kappa shape index (κ1) is 16.7. The second kappa shape index (κ2) is 6.54. The summed E-state index contributed by atoms with van der Waals surface area (Å²) in [7, 11) is -1.20. The van der Waals surface area contributed by atoms with E-state index >= 15 is 0 Å². The minimum Gasteiger partial charge on any atom is -0.291 e. The minimum absolute atomic E-state index is 0.166. The second-order valence-corrected chi connectivity index (χ2v) is 9.09. The van der Waals surface area contributed by atoms with Gasteiger partial charge in [0.15, 0.2) is 0 Å². The monoisotopic (exact) mass is 364 g/mol. The van der Waals surface area contributed by atoms with Gasteiger partial charge in [0.25, 0.3) is 0 Å². The molecule has 1 N–H and O–H groups in total. The molecule has 25 heavy (non-hydrogen) atoms. The van der Waals surface area contributed by atoms with E-state index in [1.165, 1.54) is 11.3 Å².